The minimum Gasteiger partial charge on any atom is -0.490 e. The Hall–Kier alpha value is -2.06. The molecule has 2 unspecified atom stereocenters. The molecule has 1 aromatic rings. The Morgan fingerprint density at radius 2 is 2.03 bits per heavy atom. The number of aliphatic hydroxyl groups excluding tert-OH is 1. The van der Waals surface area contributed by atoms with Crippen molar-refractivity contribution < 1.29 is 27.2 Å². The highest BCUT2D eigenvalue weighted by atomic mass is 32.2. The normalized spacial score (nSPS) is 33.0. The topological polar surface area (TPSA) is 102 Å². The molecule has 0 saturated heterocycles. The summed E-state index contributed by atoms with van der Waals surface area (Å²) in [5.74, 6) is 0.315. The second-order valence-corrected chi connectivity index (χ2v) is 10.9. The SMILES string of the molecule is CCOc1cc2c(cc1OS(=O)(=O)NC(C)=O)CCC1=C2CC[C@]2(C)[C@@H](O)CC3CC132. The number of aryl methyl sites for hydroxylation is 1. The van der Waals surface area contributed by atoms with E-state index in [1.165, 1.54) is 17.6 Å². The molecule has 2 N–H and O–H groups in total. The number of nitrogens with one attached hydrogen (secondary N) is 1. The molecule has 168 valence electrons. The maximum atomic E-state index is 12.2. The fourth-order valence-corrected chi connectivity index (χ4v) is 7.48. The maximum absolute atomic E-state index is 12.2. The first-order chi connectivity index (χ1) is 14.6. The van der Waals surface area contributed by atoms with E-state index in [0.717, 1.165) is 50.2 Å². The number of amides is 1. The number of carbonyl (C=O) groups is 1. The van der Waals surface area contributed by atoms with Gasteiger partial charge < -0.3 is 14.0 Å². The molecule has 1 aromatic carbocycles. The second kappa shape index (κ2) is 6.72. The standard InChI is InChI=1S/C23H29NO6S/c1-4-29-19-11-17-14(9-20(19)30-31(27,28)24-13(2)25)5-6-18-16(17)7-8-22(3)21(26)10-15-12-23(15,18)22/h9,11,15,21,26H,4-8,10,12H2,1-3H3,(H,24,25)/t15?,21-,22+,23?/m0/s1. The Bertz CT molecular complexity index is 1110. The zero-order valence-electron chi connectivity index (χ0n) is 18.2. The van der Waals surface area contributed by atoms with Crippen molar-refractivity contribution in [1.82, 2.24) is 4.72 Å². The van der Waals surface area contributed by atoms with Crippen LogP contribution in [0.25, 0.3) is 5.57 Å². The van der Waals surface area contributed by atoms with Crippen LogP contribution < -0.4 is 13.6 Å². The molecular formula is C23H29NO6S. The maximum Gasteiger partial charge on any atom is 0.409 e. The minimum absolute atomic E-state index is 0.0355. The van der Waals surface area contributed by atoms with Gasteiger partial charge in [0.2, 0.25) is 5.91 Å². The number of carbonyl (C=O) groups excluding carboxylic acids is 1. The van der Waals surface area contributed by atoms with Crippen LogP contribution in [0.2, 0.25) is 0 Å². The van der Waals surface area contributed by atoms with Crippen LogP contribution in [0.4, 0.5) is 0 Å². The van der Waals surface area contributed by atoms with Crippen LogP contribution in [0.3, 0.4) is 0 Å². The smallest absolute Gasteiger partial charge is 0.409 e. The van der Waals surface area contributed by atoms with E-state index >= 15 is 0 Å². The largest absolute Gasteiger partial charge is 0.490 e. The van der Waals surface area contributed by atoms with E-state index in [2.05, 4.69) is 6.92 Å². The zero-order chi connectivity index (χ0) is 22.2. The van der Waals surface area contributed by atoms with Crippen LogP contribution in [-0.2, 0) is 21.5 Å². The van der Waals surface area contributed by atoms with Gasteiger partial charge in [0, 0.05) is 17.8 Å². The Morgan fingerprint density at radius 3 is 2.74 bits per heavy atom. The molecule has 2 fully saturated rings. The molecule has 1 spiro atoms. The van der Waals surface area contributed by atoms with Gasteiger partial charge in [0.1, 0.15) is 0 Å². The van der Waals surface area contributed by atoms with Gasteiger partial charge in [-0.05, 0) is 80.2 Å². The lowest BCUT2D eigenvalue weighted by Gasteiger charge is -2.46. The van der Waals surface area contributed by atoms with Crippen LogP contribution in [0, 0.1) is 16.7 Å². The average molecular weight is 448 g/mol. The zero-order valence-corrected chi connectivity index (χ0v) is 19.0. The minimum atomic E-state index is -4.27. The van der Waals surface area contributed by atoms with Gasteiger partial charge in [-0.3, -0.25) is 4.79 Å². The Morgan fingerprint density at radius 1 is 1.26 bits per heavy atom. The highest BCUT2D eigenvalue weighted by Crippen LogP contribution is 2.80. The van der Waals surface area contributed by atoms with Gasteiger partial charge in [-0.15, -0.1) is 0 Å². The number of allylic oxidation sites excluding steroid dienone is 2. The van der Waals surface area contributed by atoms with Crippen molar-refractivity contribution in [1.29, 1.82) is 0 Å². The molecule has 1 amide bonds. The van der Waals surface area contributed by atoms with E-state index in [-0.39, 0.29) is 22.7 Å². The molecule has 4 atom stereocenters. The van der Waals surface area contributed by atoms with Crippen molar-refractivity contribution in [3.63, 3.8) is 0 Å². The first-order valence-electron chi connectivity index (χ1n) is 11.0. The fraction of sp³-hybridized carbons (Fsp3) is 0.609. The van der Waals surface area contributed by atoms with Gasteiger partial charge in [0.15, 0.2) is 11.5 Å². The third-order valence-corrected chi connectivity index (χ3v) is 9.01. The highest BCUT2D eigenvalue weighted by molar-refractivity contribution is 7.85. The lowest BCUT2D eigenvalue weighted by molar-refractivity contribution is -0.117. The van der Waals surface area contributed by atoms with Crippen LogP contribution in [0.1, 0.15) is 64.0 Å². The summed E-state index contributed by atoms with van der Waals surface area (Å²) < 4.78 is 37.1. The van der Waals surface area contributed by atoms with Crippen LogP contribution in [-0.4, -0.2) is 32.1 Å². The van der Waals surface area contributed by atoms with E-state index in [1.807, 2.05) is 17.7 Å². The molecule has 0 bridgehead atoms. The summed E-state index contributed by atoms with van der Waals surface area (Å²) in [7, 11) is -4.27. The van der Waals surface area contributed by atoms with Gasteiger partial charge in [-0.25, -0.2) is 4.72 Å². The highest BCUT2D eigenvalue weighted by Gasteiger charge is 2.74. The predicted molar refractivity (Wildman–Crippen MR) is 115 cm³/mol. The lowest BCUT2D eigenvalue weighted by atomic mass is 9.59. The molecular weight excluding hydrogens is 418 g/mol. The number of hydrogen-bond acceptors (Lipinski definition) is 6. The van der Waals surface area contributed by atoms with E-state index in [0.29, 0.717) is 18.3 Å². The van der Waals surface area contributed by atoms with E-state index in [9.17, 15) is 18.3 Å². The number of hydrogen-bond donors (Lipinski definition) is 2. The predicted octanol–water partition coefficient (Wildman–Crippen LogP) is 3.12. The van der Waals surface area contributed by atoms with Gasteiger partial charge in [0.05, 0.1) is 12.7 Å². The molecule has 7 nitrogen and oxygen atoms in total. The summed E-state index contributed by atoms with van der Waals surface area (Å²) >= 11 is 0. The van der Waals surface area contributed by atoms with Crippen LogP contribution in [0.15, 0.2) is 17.7 Å². The van der Waals surface area contributed by atoms with Crippen molar-refractivity contribution in [2.75, 3.05) is 6.61 Å². The van der Waals surface area contributed by atoms with Crippen molar-refractivity contribution in [3.8, 4) is 11.5 Å². The van der Waals surface area contributed by atoms with E-state index in [4.69, 9.17) is 8.92 Å². The van der Waals surface area contributed by atoms with E-state index < -0.39 is 16.2 Å². The van der Waals surface area contributed by atoms with Crippen LogP contribution >= 0.6 is 0 Å². The molecule has 0 heterocycles. The molecule has 5 rings (SSSR count). The number of aliphatic hydroxyl groups is 1. The number of ether oxygens (including phenoxy) is 1. The Labute approximate surface area is 183 Å². The van der Waals surface area contributed by atoms with Crippen LogP contribution in [0.5, 0.6) is 11.5 Å². The summed E-state index contributed by atoms with van der Waals surface area (Å²) in [5.41, 5.74) is 5.08. The van der Waals surface area contributed by atoms with Crippen molar-refractivity contribution in [2.45, 2.75) is 65.4 Å². The third kappa shape index (κ3) is 2.94. The Balaban J connectivity index is 1.57. The van der Waals surface area contributed by atoms with Gasteiger partial charge in [-0.1, -0.05) is 12.5 Å². The molecule has 0 aromatic heterocycles. The first kappa shape index (κ1) is 20.8. The van der Waals surface area contributed by atoms with Gasteiger partial charge >= 0.3 is 10.3 Å². The number of rotatable bonds is 5. The molecule has 8 heteroatoms. The van der Waals surface area contributed by atoms with Crippen molar-refractivity contribution in [3.05, 3.63) is 28.8 Å². The Kier molecular flexibility index (Phi) is 4.51. The van der Waals surface area contributed by atoms with Gasteiger partial charge in [-0.2, -0.15) is 8.42 Å². The molecule has 31 heavy (non-hydrogen) atoms. The summed E-state index contributed by atoms with van der Waals surface area (Å²) in [6, 6.07) is 3.64. The quantitative estimate of drug-likeness (QED) is 0.719. The number of fused-ring (bicyclic) bond motifs is 2. The summed E-state index contributed by atoms with van der Waals surface area (Å²) in [6.07, 6.45) is 5.42. The lowest BCUT2D eigenvalue weighted by Crippen LogP contribution is -2.41. The second-order valence-electron chi connectivity index (χ2n) is 9.58. The van der Waals surface area contributed by atoms with Crippen molar-refractivity contribution >= 4 is 21.8 Å². The molecule has 4 aliphatic carbocycles. The molecule has 0 aliphatic heterocycles. The van der Waals surface area contributed by atoms with Crippen molar-refractivity contribution in [2.24, 2.45) is 16.7 Å². The van der Waals surface area contributed by atoms with E-state index in [1.54, 1.807) is 6.07 Å². The first-order valence-corrected chi connectivity index (χ1v) is 12.5. The molecule has 0 radical (unpaired) electrons. The average Bonchev–Trinajstić information content (AvgIpc) is 3.33. The molecule has 4 aliphatic rings. The summed E-state index contributed by atoms with van der Waals surface area (Å²) in [5, 5.41) is 10.7. The van der Waals surface area contributed by atoms with Gasteiger partial charge in [0.25, 0.3) is 0 Å². The number of benzene rings is 1. The fourth-order valence-electron chi connectivity index (χ4n) is 6.72. The summed E-state index contributed by atoms with van der Waals surface area (Å²) in [4.78, 5) is 11.2. The third-order valence-electron chi connectivity index (χ3n) is 8.07. The summed E-state index contributed by atoms with van der Waals surface area (Å²) in [6.45, 7) is 5.57. The molecule has 2 saturated carbocycles. The monoisotopic (exact) mass is 447 g/mol.